The molecule has 1 heterocycles. The molecule has 2 aromatic rings. The molecule has 19 heavy (non-hydrogen) atoms. The van der Waals surface area contributed by atoms with Crippen LogP contribution < -0.4 is 10.1 Å². The largest absolute Gasteiger partial charge is 0.491 e. The summed E-state index contributed by atoms with van der Waals surface area (Å²) in [4.78, 5) is 12.1. The lowest BCUT2D eigenvalue weighted by atomic mass is 10.1. The molecule has 0 saturated heterocycles. The average Bonchev–Trinajstić information content (AvgIpc) is 2.88. The van der Waals surface area contributed by atoms with Gasteiger partial charge in [-0.15, -0.1) is 0 Å². The molecule has 0 fully saturated rings. The molecule has 4 heteroatoms. The van der Waals surface area contributed by atoms with Crippen LogP contribution in [0, 0.1) is 0 Å². The fourth-order valence-electron chi connectivity index (χ4n) is 2.14. The molecule has 2 aromatic carbocycles. The number of anilines is 1. The van der Waals surface area contributed by atoms with Gasteiger partial charge in [-0.05, 0) is 29.8 Å². The maximum Gasteiger partial charge on any atom is 0.255 e. The second-order valence-corrected chi connectivity index (χ2v) is 4.79. The van der Waals surface area contributed by atoms with Crippen molar-refractivity contribution in [3.8, 4) is 5.75 Å². The molecule has 0 atom stereocenters. The Balaban J connectivity index is 1.86. The van der Waals surface area contributed by atoms with Gasteiger partial charge in [-0.3, -0.25) is 4.79 Å². The van der Waals surface area contributed by atoms with Gasteiger partial charge in [0, 0.05) is 17.0 Å². The van der Waals surface area contributed by atoms with Crippen molar-refractivity contribution < 1.29 is 9.53 Å². The fourth-order valence-corrected chi connectivity index (χ4v) is 2.33. The van der Waals surface area contributed by atoms with Gasteiger partial charge in [-0.25, -0.2) is 0 Å². The van der Waals surface area contributed by atoms with Gasteiger partial charge in [0.1, 0.15) is 5.75 Å². The van der Waals surface area contributed by atoms with Gasteiger partial charge >= 0.3 is 0 Å². The van der Waals surface area contributed by atoms with Gasteiger partial charge in [0.15, 0.2) is 0 Å². The second kappa shape index (κ2) is 4.94. The van der Waals surface area contributed by atoms with Crippen LogP contribution in [0.3, 0.4) is 0 Å². The van der Waals surface area contributed by atoms with E-state index < -0.39 is 0 Å². The summed E-state index contributed by atoms with van der Waals surface area (Å²) in [7, 11) is 0. The van der Waals surface area contributed by atoms with Gasteiger partial charge in [-0.2, -0.15) is 0 Å². The van der Waals surface area contributed by atoms with Crippen LogP contribution in [0.15, 0.2) is 42.5 Å². The molecule has 0 radical (unpaired) electrons. The Labute approximate surface area is 116 Å². The number of ether oxygens (including phenoxy) is 1. The lowest BCUT2D eigenvalue weighted by molar-refractivity contribution is 0.102. The minimum atomic E-state index is -0.189. The molecule has 1 aliphatic rings. The normalized spacial score (nSPS) is 12.7. The fraction of sp³-hybridized carbons (Fsp3) is 0.133. The second-order valence-electron chi connectivity index (χ2n) is 4.36. The van der Waals surface area contributed by atoms with E-state index in [-0.39, 0.29) is 5.91 Å². The molecule has 0 aromatic heterocycles. The van der Waals surface area contributed by atoms with Gasteiger partial charge in [0.05, 0.1) is 12.3 Å². The predicted molar refractivity (Wildman–Crippen MR) is 75.0 cm³/mol. The van der Waals surface area contributed by atoms with Crippen LogP contribution in [0.1, 0.15) is 15.9 Å². The number of rotatable bonds is 2. The number of hydrogen-bond acceptors (Lipinski definition) is 2. The maximum absolute atomic E-state index is 12.1. The highest BCUT2D eigenvalue weighted by molar-refractivity contribution is 6.31. The predicted octanol–water partition coefficient (Wildman–Crippen LogP) is 3.53. The molecule has 96 valence electrons. The number of carbonyl (C=O) groups is 1. The molecule has 3 nitrogen and oxygen atoms in total. The van der Waals surface area contributed by atoms with Crippen LogP contribution in [-0.4, -0.2) is 12.5 Å². The number of halogens is 1. The number of fused-ring (bicyclic) bond motifs is 1. The Morgan fingerprint density at radius 2 is 2.05 bits per heavy atom. The zero-order valence-corrected chi connectivity index (χ0v) is 10.9. The van der Waals surface area contributed by atoms with Gasteiger partial charge in [0.2, 0.25) is 0 Å². The summed E-state index contributed by atoms with van der Waals surface area (Å²) in [6.07, 6.45) is 0.885. The van der Waals surface area contributed by atoms with Crippen LogP contribution in [0.25, 0.3) is 0 Å². The van der Waals surface area contributed by atoms with Crippen molar-refractivity contribution in [2.75, 3.05) is 11.9 Å². The van der Waals surface area contributed by atoms with Crippen molar-refractivity contribution in [2.45, 2.75) is 6.42 Å². The van der Waals surface area contributed by atoms with Crippen LogP contribution in [0.2, 0.25) is 5.02 Å². The highest BCUT2D eigenvalue weighted by atomic mass is 35.5. The molecule has 0 unspecified atom stereocenters. The molecule has 3 rings (SSSR count). The first kappa shape index (κ1) is 12.1. The summed E-state index contributed by atoms with van der Waals surface area (Å²) in [5.74, 6) is 0.587. The summed E-state index contributed by atoms with van der Waals surface area (Å²) in [5, 5.41) is 3.41. The number of amides is 1. The third-order valence-electron chi connectivity index (χ3n) is 3.05. The Morgan fingerprint density at radius 1 is 1.21 bits per heavy atom. The number of carbonyl (C=O) groups excluding carboxylic acids is 1. The van der Waals surface area contributed by atoms with Crippen LogP contribution in [0.4, 0.5) is 5.69 Å². The minimum absolute atomic E-state index is 0.189. The molecule has 1 aliphatic heterocycles. The number of hydrogen-bond donors (Lipinski definition) is 1. The molecule has 1 amide bonds. The van der Waals surface area contributed by atoms with E-state index in [4.69, 9.17) is 16.3 Å². The Morgan fingerprint density at radius 3 is 2.89 bits per heavy atom. The third-order valence-corrected chi connectivity index (χ3v) is 3.28. The van der Waals surface area contributed by atoms with Crippen molar-refractivity contribution in [1.29, 1.82) is 0 Å². The Bertz CT molecular complexity index is 640. The molecule has 0 bridgehead atoms. The van der Waals surface area contributed by atoms with E-state index in [9.17, 15) is 4.79 Å². The van der Waals surface area contributed by atoms with E-state index in [2.05, 4.69) is 5.32 Å². The molecule has 1 N–H and O–H groups in total. The molecule has 0 aliphatic carbocycles. The van der Waals surface area contributed by atoms with E-state index in [0.29, 0.717) is 22.9 Å². The average molecular weight is 274 g/mol. The number of para-hydroxylation sites is 1. The first-order valence-electron chi connectivity index (χ1n) is 6.05. The highest BCUT2D eigenvalue weighted by Gasteiger charge is 2.17. The van der Waals surface area contributed by atoms with Gasteiger partial charge in [-0.1, -0.05) is 29.8 Å². The van der Waals surface area contributed by atoms with Crippen molar-refractivity contribution in [2.24, 2.45) is 0 Å². The number of benzene rings is 2. The third kappa shape index (κ3) is 2.42. The van der Waals surface area contributed by atoms with E-state index in [1.165, 1.54) is 0 Å². The molecule has 0 saturated carbocycles. The molecular formula is C15H12ClNO2. The summed E-state index contributed by atoms with van der Waals surface area (Å²) in [5.41, 5.74) is 2.37. The van der Waals surface area contributed by atoms with Crippen molar-refractivity contribution in [3.63, 3.8) is 0 Å². The van der Waals surface area contributed by atoms with E-state index in [0.717, 1.165) is 17.7 Å². The van der Waals surface area contributed by atoms with Crippen LogP contribution >= 0.6 is 11.6 Å². The quantitative estimate of drug-likeness (QED) is 0.909. The summed E-state index contributed by atoms with van der Waals surface area (Å²) >= 11 is 5.88. The standard InChI is InChI=1S/C15H12ClNO2/c16-12-5-1-4-11(9-12)15(18)17-13-6-2-3-10-7-8-19-14(10)13/h1-6,9H,7-8H2,(H,17,18). The smallest absolute Gasteiger partial charge is 0.255 e. The first-order valence-corrected chi connectivity index (χ1v) is 6.43. The topological polar surface area (TPSA) is 38.3 Å². The summed E-state index contributed by atoms with van der Waals surface area (Å²) < 4.78 is 5.55. The zero-order valence-electron chi connectivity index (χ0n) is 10.2. The number of nitrogens with one attached hydrogen (secondary N) is 1. The van der Waals surface area contributed by atoms with Crippen molar-refractivity contribution in [1.82, 2.24) is 0 Å². The highest BCUT2D eigenvalue weighted by Crippen LogP contribution is 2.33. The molecule has 0 spiro atoms. The minimum Gasteiger partial charge on any atom is -0.491 e. The maximum atomic E-state index is 12.1. The zero-order chi connectivity index (χ0) is 13.2. The van der Waals surface area contributed by atoms with Gasteiger partial charge < -0.3 is 10.1 Å². The van der Waals surface area contributed by atoms with E-state index >= 15 is 0 Å². The monoisotopic (exact) mass is 273 g/mol. The lowest BCUT2D eigenvalue weighted by Crippen LogP contribution is -2.12. The van der Waals surface area contributed by atoms with Gasteiger partial charge in [0.25, 0.3) is 5.91 Å². The summed E-state index contributed by atoms with van der Waals surface area (Å²) in [6.45, 7) is 0.666. The van der Waals surface area contributed by atoms with E-state index in [1.54, 1.807) is 24.3 Å². The Hall–Kier alpha value is -2.00. The van der Waals surface area contributed by atoms with Crippen LogP contribution in [-0.2, 0) is 6.42 Å². The van der Waals surface area contributed by atoms with Crippen molar-refractivity contribution in [3.05, 3.63) is 58.6 Å². The SMILES string of the molecule is O=C(Nc1cccc2c1OCC2)c1cccc(Cl)c1. The lowest BCUT2D eigenvalue weighted by Gasteiger charge is -2.09. The van der Waals surface area contributed by atoms with Crippen molar-refractivity contribution >= 4 is 23.2 Å². The first-order chi connectivity index (χ1) is 9.24. The molecular weight excluding hydrogens is 262 g/mol. The van der Waals surface area contributed by atoms with Crippen LogP contribution in [0.5, 0.6) is 5.75 Å². The summed E-state index contributed by atoms with van der Waals surface area (Å²) in [6, 6.07) is 12.6. The Kier molecular flexibility index (Phi) is 3.13. The van der Waals surface area contributed by atoms with E-state index in [1.807, 2.05) is 18.2 Å².